The van der Waals surface area contributed by atoms with Gasteiger partial charge in [0.1, 0.15) is 0 Å². The maximum absolute atomic E-state index is 10.9. The summed E-state index contributed by atoms with van der Waals surface area (Å²) >= 11 is 0. The van der Waals surface area contributed by atoms with E-state index in [1.165, 1.54) is 5.01 Å². The minimum absolute atomic E-state index is 0.453. The van der Waals surface area contributed by atoms with Crippen molar-refractivity contribution in [2.24, 2.45) is 0 Å². The van der Waals surface area contributed by atoms with Gasteiger partial charge in [-0.05, 0) is 18.4 Å². The number of nitriles is 1. The molecule has 19 heavy (non-hydrogen) atoms. The van der Waals surface area contributed by atoms with E-state index >= 15 is 0 Å². The van der Waals surface area contributed by atoms with E-state index in [1.807, 2.05) is 30.3 Å². The van der Waals surface area contributed by atoms with Gasteiger partial charge >= 0.3 is 9.24 Å². The summed E-state index contributed by atoms with van der Waals surface area (Å²) in [5.41, 5.74) is 0.432. The smallest absolute Gasteiger partial charge is 0.230 e. The lowest BCUT2D eigenvalue weighted by atomic mass is 9.74. The quantitative estimate of drug-likeness (QED) is 0.859. The first kappa shape index (κ1) is 14.3. The molecule has 0 spiro atoms. The van der Waals surface area contributed by atoms with E-state index in [1.54, 1.807) is 0 Å². The normalized spacial score (nSPS) is 19.8. The maximum Gasteiger partial charge on any atom is 0.310 e. The Morgan fingerprint density at radius 1 is 1.26 bits per heavy atom. The van der Waals surface area contributed by atoms with E-state index in [9.17, 15) is 13.7 Å². The molecule has 102 valence electrons. The van der Waals surface area contributed by atoms with Crippen LogP contribution in [0.2, 0.25) is 0 Å². The third-order valence-corrected chi connectivity index (χ3v) is 4.08. The lowest BCUT2D eigenvalue weighted by Crippen LogP contribution is -2.49. The second kappa shape index (κ2) is 5.47. The van der Waals surface area contributed by atoms with Gasteiger partial charge in [-0.1, -0.05) is 30.3 Å². The molecular formula is C12H14ClN3O2S. The Hall–Kier alpha value is -1.13. The molecule has 0 aromatic heterocycles. The Morgan fingerprint density at radius 2 is 1.84 bits per heavy atom. The molecule has 0 bridgehead atoms. The van der Waals surface area contributed by atoms with E-state index in [4.69, 9.17) is 10.7 Å². The average molecular weight is 300 g/mol. The average Bonchev–Trinajstić information content (AvgIpc) is 2.39. The van der Waals surface area contributed by atoms with Crippen molar-refractivity contribution in [1.82, 2.24) is 9.84 Å². The zero-order chi connectivity index (χ0) is 13.9. The number of hydrogen-bond donors (Lipinski definition) is 1. The molecule has 7 heteroatoms. The molecule has 1 saturated heterocycles. The van der Waals surface area contributed by atoms with Gasteiger partial charge in [-0.15, -0.1) is 4.83 Å². The lowest BCUT2D eigenvalue weighted by Gasteiger charge is -2.36. The van der Waals surface area contributed by atoms with Crippen molar-refractivity contribution in [1.29, 1.82) is 5.26 Å². The number of piperidine rings is 1. The zero-order valence-electron chi connectivity index (χ0n) is 10.2. The minimum Gasteiger partial charge on any atom is -0.230 e. The zero-order valence-corrected chi connectivity index (χ0v) is 11.8. The predicted octanol–water partition coefficient (Wildman–Crippen LogP) is 1.53. The molecule has 1 N–H and O–H groups in total. The molecule has 0 unspecified atom stereocenters. The highest BCUT2D eigenvalue weighted by Crippen LogP contribution is 2.34. The van der Waals surface area contributed by atoms with E-state index in [2.05, 4.69) is 10.9 Å². The van der Waals surface area contributed by atoms with Gasteiger partial charge in [-0.2, -0.15) is 13.7 Å². The molecule has 1 aromatic carbocycles. The van der Waals surface area contributed by atoms with E-state index in [0.717, 1.165) is 5.56 Å². The van der Waals surface area contributed by atoms with E-state index in [-0.39, 0.29) is 0 Å². The summed E-state index contributed by atoms with van der Waals surface area (Å²) in [7, 11) is 1.38. The minimum atomic E-state index is -3.77. The van der Waals surface area contributed by atoms with Crippen LogP contribution < -0.4 is 4.83 Å². The van der Waals surface area contributed by atoms with Crippen molar-refractivity contribution in [3.05, 3.63) is 35.9 Å². The summed E-state index contributed by atoms with van der Waals surface area (Å²) in [4.78, 5) is 2.23. The molecule has 1 fully saturated rings. The topological polar surface area (TPSA) is 73.2 Å². The van der Waals surface area contributed by atoms with Gasteiger partial charge < -0.3 is 0 Å². The van der Waals surface area contributed by atoms with Crippen LogP contribution in [0.3, 0.4) is 0 Å². The van der Waals surface area contributed by atoms with Crippen molar-refractivity contribution < 1.29 is 8.42 Å². The Labute approximate surface area is 117 Å². The molecular weight excluding hydrogens is 286 g/mol. The first-order chi connectivity index (χ1) is 8.95. The molecule has 0 saturated carbocycles. The fourth-order valence-corrected chi connectivity index (χ4v) is 3.14. The number of nitrogens with one attached hydrogen (secondary N) is 1. The van der Waals surface area contributed by atoms with Crippen molar-refractivity contribution in [3.8, 4) is 6.07 Å². The Bertz CT molecular complexity index is 575. The molecule has 1 aliphatic rings. The largest absolute Gasteiger partial charge is 0.310 e. The highest BCUT2D eigenvalue weighted by molar-refractivity contribution is 8.12. The van der Waals surface area contributed by atoms with Gasteiger partial charge in [-0.3, -0.25) is 0 Å². The highest BCUT2D eigenvalue weighted by Gasteiger charge is 2.37. The number of halogens is 1. The molecule has 2 rings (SSSR count). The van der Waals surface area contributed by atoms with Crippen molar-refractivity contribution in [2.45, 2.75) is 18.3 Å². The van der Waals surface area contributed by atoms with Gasteiger partial charge in [0.25, 0.3) is 0 Å². The third-order valence-electron chi connectivity index (χ3n) is 3.40. The van der Waals surface area contributed by atoms with E-state index in [0.29, 0.717) is 25.9 Å². The fraction of sp³-hybridized carbons (Fsp3) is 0.417. The van der Waals surface area contributed by atoms with Crippen LogP contribution >= 0.6 is 10.7 Å². The number of benzene rings is 1. The Morgan fingerprint density at radius 3 is 2.32 bits per heavy atom. The van der Waals surface area contributed by atoms with Crippen LogP contribution in [0.25, 0.3) is 0 Å². The molecule has 1 heterocycles. The fourth-order valence-electron chi connectivity index (χ4n) is 2.36. The number of hydrazine groups is 1. The van der Waals surface area contributed by atoms with Crippen LogP contribution in [-0.4, -0.2) is 26.5 Å². The summed E-state index contributed by atoms with van der Waals surface area (Å²) in [5, 5.41) is 11.0. The summed E-state index contributed by atoms with van der Waals surface area (Å²) in [6.45, 7) is 0.906. The molecule has 1 aliphatic heterocycles. The summed E-state index contributed by atoms with van der Waals surface area (Å²) in [5.74, 6) is 0. The van der Waals surface area contributed by atoms with Crippen molar-refractivity contribution >= 4 is 19.9 Å². The van der Waals surface area contributed by atoms with Crippen LogP contribution in [0, 0.1) is 11.3 Å². The molecule has 0 radical (unpaired) electrons. The molecule has 0 amide bonds. The monoisotopic (exact) mass is 299 g/mol. The van der Waals surface area contributed by atoms with Crippen LogP contribution in [-0.2, 0) is 14.7 Å². The van der Waals surface area contributed by atoms with Crippen molar-refractivity contribution in [2.75, 3.05) is 13.1 Å². The van der Waals surface area contributed by atoms with Gasteiger partial charge in [0.15, 0.2) is 0 Å². The standard InChI is InChI=1S/C12H14ClN3O2S/c13-19(17,18)15-16-8-6-12(10-14,7-9-16)11-4-2-1-3-5-11/h1-5,15H,6-9H2. The van der Waals surface area contributed by atoms with Crippen LogP contribution in [0.15, 0.2) is 30.3 Å². The number of hydrogen-bond acceptors (Lipinski definition) is 4. The van der Waals surface area contributed by atoms with Gasteiger partial charge in [0.05, 0.1) is 11.5 Å². The van der Waals surface area contributed by atoms with Gasteiger partial charge in [0.2, 0.25) is 0 Å². The Balaban J connectivity index is 2.11. The summed E-state index contributed by atoms with van der Waals surface area (Å²) in [6, 6.07) is 12.0. The molecule has 5 nitrogen and oxygen atoms in total. The number of rotatable bonds is 3. The van der Waals surface area contributed by atoms with Crippen LogP contribution in [0.1, 0.15) is 18.4 Å². The van der Waals surface area contributed by atoms with Gasteiger partial charge in [0, 0.05) is 23.8 Å². The van der Waals surface area contributed by atoms with E-state index < -0.39 is 14.7 Å². The Kier molecular flexibility index (Phi) is 4.11. The first-order valence-corrected chi connectivity index (χ1v) is 8.20. The molecule has 0 aliphatic carbocycles. The summed E-state index contributed by atoms with van der Waals surface area (Å²) in [6.07, 6.45) is 1.12. The third kappa shape index (κ3) is 3.45. The highest BCUT2D eigenvalue weighted by atomic mass is 35.7. The SMILES string of the molecule is N#CC1(c2ccccc2)CCN(NS(=O)(=O)Cl)CC1. The number of nitrogens with zero attached hydrogens (tertiary/aromatic N) is 2. The molecule has 0 atom stereocenters. The van der Waals surface area contributed by atoms with Crippen LogP contribution in [0.5, 0.6) is 0 Å². The lowest BCUT2D eigenvalue weighted by molar-refractivity contribution is 0.163. The first-order valence-electron chi connectivity index (χ1n) is 5.89. The van der Waals surface area contributed by atoms with Crippen molar-refractivity contribution in [3.63, 3.8) is 0 Å². The second-order valence-electron chi connectivity index (χ2n) is 4.58. The van der Waals surface area contributed by atoms with Crippen LogP contribution in [0.4, 0.5) is 0 Å². The second-order valence-corrected chi connectivity index (χ2v) is 6.85. The van der Waals surface area contributed by atoms with Gasteiger partial charge in [-0.25, -0.2) is 5.01 Å². The predicted molar refractivity (Wildman–Crippen MR) is 72.4 cm³/mol. The maximum atomic E-state index is 10.9. The molecule has 1 aromatic rings. The summed E-state index contributed by atoms with van der Waals surface area (Å²) < 4.78 is 21.9.